The van der Waals surface area contributed by atoms with Crippen molar-refractivity contribution in [1.82, 2.24) is 5.32 Å². The average Bonchev–Trinajstić information content (AvgIpc) is 2.60. The Morgan fingerprint density at radius 2 is 1.56 bits per heavy atom. The van der Waals surface area contributed by atoms with E-state index in [9.17, 15) is 0 Å². The molecule has 1 heteroatoms. The van der Waals surface area contributed by atoms with E-state index < -0.39 is 0 Å². The number of hydrogen-bond donors (Lipinski definition) is 1. The van der Waals surface area contributed by atoms with Gasteiger partial charge in [0.15, 0.2) is 0 Å². The van der Waals surface area contributed by atoms with E-state index in [-0.39, 0.29) is 0 Å². The Morgan fingerprint density at radius 3 is 2.00 bits per heavy atom. The van der Waals surface area contributed by atoms with Gasteiger partial charge in [0.25, 0.3) is 0 Å². The van der Waals surface area contributed by atoms with E-state index in [1.54, 1.807) is 0 Å². The first-order valence-electron chi connectivity index (χ1n) is 7.49. The first kappa shape index (κ1) is 14.0. The smallest absolute Gasteiger partial charge is 0.00949 e. The Balaban J connectivity index is 2.44. The van der Waals surface area contributed by atoms with Gasteiger partial charge >= 0.3 is 0 Å². The fourth-order valence-corrected chi connectivity index (χ4v) is 3.24. The zero-order valence-corrected chi connectivity index (χ0v) is 11.6. The maximum absolute atomic E-state index is 3.60. The lowest BCUT2D eigenvalue weighted by molar-refractivity contribution is 0.272. The van der Waals surface area contributed by atoms with Gasteiger partial charge in [-0.2, -0.15) is 0 Å². The second-order valence-corrected chi connectivity index (χ2v) is 5.57. The van der Waals surface area contributed by atoms with Crippen molar-refractivity contribution in [3.05, 3.63) is 0 Å². The SMILES string of the molecule is CCC(CC)CC(NC)C1CCCCCC1. The van der Waals surface area contributed by atoms with Crippen LogP contribution in [0, 0.1) is 11.8 Å². The number of hydrogen-bond acceptors (Lipinski definition) is 1. The normalized spacial score (nSPS) is 21.0. The van der Waals surface area contributed by atoms with Crippen molar-refractivity contribution in [1.29, 1.82) is 0 Å². The molecular weight excluding hydrogens is 194 g/mol. The summed E-state index contributed by atoms with van der Waals surface area (Å²) in [5.74, 6) is 1.88. The van der Waals surface area contributed by atoms with Gasteiger partial charge in [-0.3, -0.25) is 0 Å². The maximum Gasteiger partial charge on any atom is 0.00949 e. The highest BCUT2D eigenvalue weighted by Gasteiger charge is 2.23. The minimum Gasteiger partial charge on any atom is -0.317 e. The molecule has 96 valence electrons. The first-order chi connectivity index (χ1) is 7.81. The minimum absolute atomic E-state index is 0.781. The summed E-state index contributed by atoms with van der Waals surface area (Å²) in [6.45, 7) is 4.68. The van der Waals surface area contributed by atoms with Crippen LogP contribution in [0.15, 0.2) is 0 Å². The third-order valence-corrected chi connectivity index (χ3v) is 4.58. The molecule has 0 aliphatic heterocycles. The highest BCUT2D eigenvalue weighted by Crippen LogP contribution is 2.29. The molecule has 0 amide bonds. The summed E-state index contributed by atoms with van der Waals surface area (Å²) in [6.07, 6.45) is 12.9. The Morgan fingerprint density at radius 1 is 1.00 bits per heavy atom. The fourth-order valence-electron chi connectivity index (χ4n) is 3.24. The monoisotopic (exact) mass is 225 g/mol. The van der Waals surface area contributed by atoms with Crippen molar-refractivity contribution < 1.29 is 0 Å². The largest absolute Gasteiger partial charge is 0.317 e. The zero-order valence-electron chi connectivity index (χ0n) is 11.6. The van der Waals surface area contributed by atoms with Crippen molar-refractivity contribution in [2.24, 2.45) is 11.8 Å². The predicted molar refractivity (Wildman–Crippen MR) is 72.7 cm³/mol. The van der Waals surface area contributed by atoms with Crippen molar-refractivity contribution in [3.8, 4) is 0 Å². The summed E-state index contributed by atoms with van der Waals surface area (Å²) in [7, 11) is 2.16. The van der Waals surface area contributed by atoms with Gasteiger partial charge in [0.2, 0.25) is 0 Å². The highest BCUT2D eigenvalue weighted by molar-refractivity contribution is 4.79. The van der Waals surface area contributed by atoms with Crippen molar-refractivity contribution in [2.45, 2.75) is 77.7 Å². The van der Waals surface area contributed by atoms with E-state index in [2.05, 4.69) is 26.2 Å². The summed E-state index contributed by atoms with van der Waals surface area (Å²) in [5, 5.41) is 3.60. The molecule has 16 heavy (non-hydrogen) atoms. The lowest BCUT2D eigenvalue weighted by Gasteiger charge is -2.29. The van der Waals surface area contributed by atoms with Gasteiger partial charge in [0.1, 0.15) is 0 Å². The molecule has 1 aliphatic rings. The Kier molecular flexibility index (Phi) is 7.11. The van der Waals surface area contributed by atoms with Crippen LogP contribution in [0.4, 0.5) is 0 Å². The van der Waals surface area contributed by atoms with Gasteiger partial charge in [0, 0.05) is 6.04 Å². The molecular formula is C15H31N. The molecule has 0 heterocycles. The first-order valence-corrected chi connectivity index (χ1v) is 7.49. The van der Waals surface area contributed by atoms with E-state index >= 15 is 0 Å². The Bertz CT molecular complexity index is 155. The van der Waals surface area contributed by atoms with Crippen molar-refractivity contribution >= 4 is 0 Å². The maximum atomic E-state index is 3.60. The van der Waals surface area contributed by atoms with E-state index in [1.165, 1.54) is 57.8 Å². The van der Waals surface area contributed by atoms with Gasteiger partial charge in [-0.05, 0) is 38.1 Å². The van der Waals surface area contributed by atoms with Crippen LogP contribution < -0.4 is 5.32 Å². The van der Waals surface area contributed by atoms with E-state index in [1.807, 2.05) is 0 Å². The second-order valence-electron chi connectivity index (χ2n) is 5.57. The van der Waals surface area contributed by atoms with E-state index in [0.717, 1.165) is 17.9 Å². The molecule has 0 radical (unpaired) electrons. The average molecular weight is 225 g/mol. The molecule has 1 nitrogen and oxygen atoms in total. The Labute approximate surface area is 102 Å². The van der Waals surface area contributed by atoms with Crippen LogP contribution in [0.2, 0.25) is 0 Å². The Hall–Kier alpha value is -0.0400. The second kappa shape index (κ2) is 8.11. The third kappa shape index (κ3) is 4.45. The number of rotatable bonds is 6. The van der Waals surface area contributed by atoms with Crippen LogP contribution in [0.3, 0.4) is 0 Å². The molecule has 0 spiro atoms. The van der Waals surface area contributed by atoms with Crippen LogP contribution in [0.5, 0.6) is 0 Å². The van der Waals surface area contributed by atoms with Gasteiger partial charge in [-0.15, -0.1) is 0 Å². The molecule has 0 bridgehead atoms. The molecule has 0 aromatic rings. The van der Waals surface area contributed by atoms with Crippen molar-refractivity contribution in [2.75, 3.05) is 7.05 Å². The van der Waals surface area contributed by atoms with Crippen LogP contribution in [-0.2, 0) is 0 Å². The molecule has 1 aliphatic carbocycles. The molecule has 1 unspecified atom stereocenters. The molecule has 1 atom stereocenters. The summed E-state index contributed by atoms with van der Waals surface area (Å²) in [5.41, 5.74) is 0. The molecule has 1 rings (SSSR count). The summed E-state index contributed by atoms with van der Waals surface area (Å²) < 4.78 is 0. The molecule has 1 N–H and O–H groups in total. The standard InChI is InChI=1S/C15H31N/c1-4-13(5-2)12-15(16-3)14-10-8-6-7-9-11-14/h13-16H,4-12H2,1-3H3. The van der Waals surface area contributed by atoms with E-state index in [0.29, 0.717) is 0 Å². The number of nitrogens with one attached hydrogen (secondary N) is 1. The zero-order chi connectivity index (χ0) is 11.8. The van der Waals surface area contributed by atoms with Gasteiger partial charge < -0.3 is 5.32 Å². The summed E-state index contributed by atoms with van der Waals surface area (Å²) >= 11 is 0. The molecule has 0 aromatic carbocycles. The van der Waals surface area contributed by atoms with Crippen LogP contribution in [0.25, 0.3) is 0 Å². The fraction of sp³-hybridized carbons (Fsp3) is 1.00. The van der Waals surface area contributed by atoms with Crippen molar-refractivity contribution in [3.63, 3.8) is 0 Å². The lowest BCUT2D eigenvalue weighted by atomic mass is 9.84. The summed E-state index contributed by atoms with van der Waals surface area (Å²) in [4.78, 5) is 0. The predicted octanol–water partition coefficient (Wildman–Crippen LogP) is 4.37. The lowest BCUT2D eigenvalue weighted by Crippen LogP contribution is -2.35. The van der Waals surface area contributed by atoms with Crippen LogP contribution >= 0.6 is 0 Å². The topological polar surface area (TPSA) is 12.0 Å². The molecule has 1 fully saturated rings. The summed E-state index contributed by atoms with van der Waals surface area (Å²) in [6, 6.07) is 0.781. The third-order valence-electron chi connectivity index (χ3n) is 4.58. The molecule has 1 saturated carbocycles. The minimum atomic E-state index is 0.781. The molecule has 0 aromatic heterocycles. The van der Waals surface area contributed by atoms with Crippen LogP contribution in [0.1, 0.15) is 71.6 Å². The van der Waals surface area contributed by atoms with E-state index in [4.69, 9.17) is 0 Å². The highest BCUT2D eigenvalue weighted by atomic mass is 14.9. The van der Waals surface area contributed by atoms with Crippen LogP contribution in [-0.4, -0.2) is 13.1 Å². The van der Waals surface area contributed by atoms with Gasteiger partial charge in [-0.25, -0.2) is 0 Å². The van der Waals surface area contributed by atoms with Gasteiger partial charge in [0.05, 0.1) is 0 Å². The van der Waals surface area contributed by atoms with Gasteiger partial charge in [-0.1, -0.05) is 52.4 Å². The molecule has 0 saturated heterocycles. The quantitative estimate of drug-likeness (QED) is 0.662.